The first-order chi connectivity index (χ1) is 19.5. The summed E-state index contributed by atoms with van der Waals surface area (Å²) in [5.74, 6) is 0.828. The number of piperidine rings is 1. The van der Waals surface area contributed by atoms with Gasteiger partial charge in [-0.3, -0.25) is 9.69 Å². The third kappa shape index (κ3) is 6.42. The Balaban J connectivity index is 1.33. The number of benzene rings is 3. The van der Waals surface area contributed by atoms with Crippen molar-refractivity contribution in [3.8, 4) is 0 Å². The predicted molar refractivity (Wildman–Crippen MR) is 154 cm³/mol. The van der Waals surface area contributed by atoms with Crippen LogP contribution in [0.5, 0.6) is 0 Å². The number of carbonyl (C=O) groups excluding carboxylic acids is 2. The van der Waals surface area contributed by atoms with Crippen molar-refractivity contribution in [1.29, 1.82) is 0 Å². The molecule has 1 aromatic heterocycles. The maximum absolute atomic E-state index is 14.0. The molecule has 7 nitrogen and oxygen atoms in total. The van der Waals surface area contributed by atoms with E-state index in [0.717, 1.165) is 16.7 Å². The number of aromatic nitrogens is 2. The number of carbonyl (C=O) groups is 2. The molecule has 1 atom stereocenters. The minimum atomic E-state index is -0.827. The Hall–Kier alpha value is -4.39. The molecule has 1 aliphatic heterocycles. The van der Waals surface area contributed by atoms with Crippen LogP contribution >= 0.6 is 0 Å². The molecule has 0 bridgehead atoms. The number of nitrogens with one attached hydrogen (secondary N) is 1. The van der Waals surface area contributed by atoms with Crippen LogP contribution in [0.3, 0.4) is 0 Å². The van der Waals surface area contributed by atoms with Gasteiger partial charge in [-0.1, -0.05) is 91.0 Å². The number of hydrogen-bond donors (Lipinski definition) is 1. The van der Waals surface area contributed by atoms with E-state index in [1.165, 1.54) is 0 Å². The summed E-state index contributed by atoms with van der Waals surface area (Å²) in [6.45, 7) is 3.40. The summed E-state index contributed by atoms with van der Waals surface area (Å²) >= 11 is 0. The van der Waals surface area contributed by atoms with Crippen molar-refractivity contribution in [3.63, 3.8) is 0 Å². The Morgan fingerprint density at radius 1 is 0.925 bits per heavy atom. The first-order valence-electron chi connectivity index (χ1n) is 13.9. The summed E-state index contributed by atoms with van der Waals surface area (Å²) < 4.78 is 6.48. The average molecular weight is 537 g/mol. The van der Waals surface area contributed by atoms with E-state index in [1.54, 1.807) is 17.3 Å². The first-order valence-corrected chi connectivity index (χ1v) is 13.9. The lowest BCUT2D eigenvalue weighted by molar-refractivity contribution is -0.136. The fourth-order valence-corrected chi connectivity index (χ4v) is 5.38. The maximum Gasteiger partial charge on any atom is 0.411 e. The number of imidazole rings is 1. The summed E-state index contributed by atoms with van der Waals surface area (Å²) in [5.41, 5.74) is 2.28. The second kappa shape index (κ2) is 12.6. The number of rotatable bonds is 9. The molecule has 1 unspecified atom stereocenters. The zero-order chi connectivity index (χ0) is 27.8. The Morgan fingerprint density at radius 3 is 2.12 bits per heavy atom. The van der Waals surface area contributed by atoms with E-state index in [4.69, 9.17) is 4.74 Å². The second-order valence-corrected chi connectivity index (χ2v) is 10.4. The van der Waals surface area contributed by atoms with Crippen molar-refractivity contribution < 1.29 is 14.3 Å². The smallest absolute Gasteiger partial charge is 0.411 e. The second-order valence-electron chi connectivity index (χ2n) is 10.4. The molecular formula is C33H36N4O3. The van der Waals surface area contributed by atoms with Crippen molar-refractivity contribution in [2.24, 2.45) is 0 Å². The van der Waals surface area contributed by atoms with Gasteiger partial charge in [0.05, 0.1) is 6.04 Å². The number of aryl methyl sites for hydroxylation is 1. The van der Waals surface area contributed by atoms with Gasteiger partial charge in [-0.15, -0.1) is 0 Å². The number of ether oxygens (including phenoxy) is 1. The molecule has 40 heavy (non-hydrogen) atoms. The Bertz CT molecular complexity index is 1350. The summed E-state index contributed by atoms with van der Waals surface area (Å²) in [6, 6.07) is 29.6. The minimum absolute atomic E-state index is 0.133. The van der Waals surface area contributed by atoms with Crippen molar-refractivity contribution in [1.82, 2.24) is 19.8 Å². The van der Waals surface area contributed by atoms with Crippen molar-refractivity contribution >= 4 is 12.0 Å². The van der Waals surface area contributed by atoms with Gasteiger partial charge in [0.1, 0.15) is 11.4 Å². The summed E-state index contributed by atoms with van der Waals surface area (Å²) in [4.78, 5) is 38.2. The van der Waals surface area contributed by atoms with E-state index < -0.39 is 11.7 Å². The number of likely N-dealkylation sites (tertiary alicyclic amines) is 1. The standard InChI is InChI=1S/C33H36N4O3/c1-26(31-34-21-22-35-31)37(25-28-13-7-3-8-14-28)32(39)40-33(29-15-9-4-10-16-29)19-23-36(24-20-33)30(38)18-17-27-11-5-2-6-12-27/h2-16,21-22,26H,17-20,23-25H2,1H3,(H,34,35). The topological polar surface area (TPSA) is 78.5 Å². The molecule has 1 fully saturated rings. The minimum Gasteiger partial charge on any atom is -0.438 e. The highest BCUT2D eigenvalue weighted by molar-refractivity contribution is 5.76. The van der Waals surface area contributed by atoms with Crippen LogP contribution in [-0.4, -0.2) is 44.9 Å². The van der Waals surface area contributed by atoms with Crippen molar-refractivity contribution in [2.45, 2.75) is 50.8 Å². The normalized spacial score (nSPS) is 15.3. The average Bonchev–Trinajstić information content (AvgIpc) is 3.55. The Kier molecular flexibility index (Phi) is 8.59. The molecule has 0 saturated carbocycles. The lowest BCUT2D eigenvalue weighted by Gasteiger charge is -2.43. The van der Waals surface area contributed by atoms with Gasteiger partial charge in [-0.05, 0) is 30.0 Å². The highest BCUT2D eigenvalue weighted by Crippen LogP contribution is 2.38. The van der Waals surface area contributed by atoms with Gasteiger partial charge >= 0.3 is 6.09 Å². The summed E-state index contributed by atoms with van der Waals surface area (Å²) in [6.07, 6.45) is 5.30. The van der Waals surface area contributed by atoms with Gasteiger partial charge in [0.15, 0.2) is 0 Å². The lowest BCUT2D eigenvalue weighted by Crippen LogP contribution is -2.49. The molecule has 5 rings (SSSR count). The van der Waals surface area contributed by atoms with Crippen LogP contribution in [0.15, 0.2) is 103 Å². The Morgan fingerprint density at radius 2 is 1.52 bits per heavy atom. The molecule has 0 radical (unpaired) electrons. The van der Waals surface area contributed by atoms with Gasteiger partial charge in [0, 0.05) is 51.3 Å². The first kappa shape index (κ1) is 27.2. The van der Waals surface area contributed by atoms with Crippen LogP contribution in [0.25, 0.3) is 0 Å². The zero-order valence-corrected chi connectivity index (χ0v) is 22.9. The number of nitrogens with zero attached hydrogens (tertiary/aromatic N) is 3. The van der Waals surface area contributed by atoms with Gasteiger partial charge in [0.25, 0.3) is 0 Å². The van der Waals surface area contributed by atoms with Crippen LogP contribution < -0.4 is 0 Å². The van der Waals surface area contributed by atoms with Crippen LogP contribution in [0, 0.1) is 0 Å². The zero-order valence-electron chi connectivity index (χ0n) is 22.9. The summed E-state index contributed by atoms with van der Waals surface area (Å²) in [7, 11) is 0. The van der Waals surface area contributed by atoms with E-state index >= 15 is 0 Å². The highest BCUT2D eigenvalue weighted by atomic mass is 16.6. The lowest BCUT2D eigenvalue weighted by atomic mass is 9.84. The molecule has 4 aromatic rings. The molecule has 7 heteroatoms. The number of aromatic amines is 1. The third-order valence-corrected chi connectivity index (χ3v) is 7.79. The van der Waals surface area contributed by atoms with E-state index in [0.29, 0.717) is 51.1 Å². The summed E-state index contributed by atoms with van der Waals surface area (Å²) in [5, 5.41) is 0. The maximum atomic E-state index is 14.0. The van der Waals surface area contributed by atoms with Gasteiger partial charge in [0.2, 0.25) is 5.91 Å². The van der Waals surface area contributed by atoms with E-state index in [2.05, 4.69) is 9.97 Å². The number of amides is 2. The predicted octanol–water partition coefficient (Wildman–Crippen LogP) is 6.26. The van der Waals surface area contributed by atoms with Crippen LogP contribution in [0.2, 0.25) is 0 Å². The molecule has 1 N–H and O–H groups in total. The molecule has 206 valence electrons. The number of H-pyrrole nitrogens is 1. The Labute approximate surface area is 235 Å². The fourth-order valence-electron chi connectivity index (χ4n) is 5.38. The third-order valence-electron chi connectivity index (χ3n) is 7.79. The monoisotopic (exact) mass is 536 g/mol. The SMILES string of the molecule is CC(c1ncc[nH]1)N(Cc1ccccc1)C(=O)OC1(c2ccccc2)CCN(C(=O)CCc2ccccc2)CC1. The van der Waals surface area contributed by atoms with Crippen LogP contribution in [0.1, 0.15) is 54.7 Å². The fraction of sp³-hybridized carbons (Fsp3) is 0.303. The number of hydrogen-bond acceptors (Lipinski definition) is 4. The molecule has 3 aromatic carbocycles. The molecule has 0 aliphatic carbocycles. The van der Waals surface area contributed by atoms with E-state index in [-0.39, 0.29) is 11.9 Å². The van der Waals surface area contributed by atoms with Gasteiger partial charge in [-0.25, -0.2) is 9.78 Å². The van der Waals surface area contributed by atoms with E-state index in [1.807, 2.05) is 103 Å². The molecule has 0 spiro atoms. The van der Waals surface area contributed by atoms with Crippen molar-refractivity contribution in [2.75, 3.05) is 13.1 Å². The van der Waals surface area contributed by atoms with Gasteiger partial charge < -0.3 is 14.6 Å². The molecular weight excluding hydrogens is 500 g/mol. The highest BCUT2D eigenvalue weighted by Gasteiger charge is 2.42. The molecule has 2 amide bonds. The molecule has 2 heterocycles. The quantitative estimate of drug-likeness (QED) is 0.274. The van der Waals surface area contributed by atoms with Crippen LogP contribution in [-0.2, 0) is 28.1 Å². The molecule has 1 aliphatic rings. The van der Waals surface area contributed by atoms with Gasteiger partial charge in [-0.2, -0.15) is 0 Å². The van der Waals surface area contributed by atoms with Crippen molar-refractivity contribution in [3.05, 3.63) is 126 Å². The van der Waals surface area contributed by atoms with Crippen LogP contribution in [0.4, 0.5) is 4.79 Å². The molecule has 1 saturated heterocycles. The largest absolute Gasteiger partial charge is 0.438 e. The van der Waals surface area contributed by atoms with E-state index in [9.17, 15) is 9.59 Å².